The lowest BCUT2D eigenvalue weighted by molar-refractivity contribution is -0.141. The molecule has 17 heavy (non-hydrogen) atoms. The summed E-state index contributed by atoms with van der Waals surface area (Å²) in [7, 11) is 0. The topological polar surface area (TPSA) is 84.2 Å². The van der Waals surface area contributed by atoms with Gasteiger partial charge in [-0.3, -0.25) is 14.3 Å². The van der Waals surface area contributed by atoms with E-state index in [0.717, 1.165) is 11.4 Å². The molecule has 94 valence electrons. The first-order valence-electron chi connectivity index (χ1n) is 5.40. The van der Waals surface area contributed by atoms with Gasteiger partial charge in [0.25, 0.3) is 0 Å². The first kappa shape index (κ1) is 13.2. The summed E-state index contributed by atoms with van der Waals surface area (Å²) in [5.74, 6) is -1.74. The number of nitrogens with one attached hydrogen (secondary N) is 1. The van der Waals surface area contributed by atoms with Gasteiger partial charge in [-0.15, -0.1) is 0 Å². The maximum absolute atomic E-state index is 11.5. The Morgan fingerprint density at radius 3 is 2.65 bits per heavy atom. The largest absolute Gasteiger partial charge is 0.481 e. The number of carbonyl (C=O) groups excluding carboxylic acids is 1. The number of carbonyl (C=O) groups is 2. The second-order valence-electron chi connectivity index (χ2n) is 4.13. The fourth-order valence-electron chi connectivity index (χ4n) is 1.38. The second kappa shape index (κ2) is 5.47. The van der Waals surface area contributed by atoms with Crippen LogP contribution in [0.3, 0.4) is 0 Å². The van der Waals surface area contributed by atoms with Crippen molar-refractivity contribution >= 4 is 11.9 Å². The van der Waals surface area contributed by atoms with Crippen LogP contribution in [0.25, 0.3) is 0 Å². The van der Waals surface area contributed by atoms with Crippen LogP contribution in [0.15, 0.2) is 6.07 Å². The summed E-state index contributed by atoms with van der Waals surface area (Å²) in [4.78, 5) is 22.1. The first-order valence-corrected chi connectivity index (χ1v) is 5.40. The molecule has 1 unspecified atom stereocenters. The van der Waals surface area contributed by atoms with Crippen LogP contribution in [-0.2, 0) is 16.1 Å². The maximum Gasteiger partial charge on any atom is 0.308 e. The molecule has 0 aromatic carbocycles. The van der Waals surface area contributed by atoms with Crippen LogP contribution < -0.4 is 5.32 Å². The molecule has 0 aliphatic carbocycles. The lowest BCUT2D eigenvalue weighted by Crippen LogP contribution is -2.34. The molecule has 1 heterocycles. The van der Waals surface area contributed by atoms with Gasteiger partial charge in [0.15, 0.2) is 0 Å². The zero-order valence-corrected chi connectivity index (χ0v) is 10.2. The van der Waals surface area contributed by atoms with Gasteiger partial charge in [-0.05, 0) is 19.9 Å². The monoisotopic (exact) mass is 239 g/mol. The van der Waals surface area contributed by atoms with Gasteiger partial charge in [-0.25, -0.2) is 0 Å². The van der Waals surface area contributed by atoms with Crippen LogP contribution in [0.1, 0.15) is 18.3 Å². The molecule has 0 saturated carbocycles. The van der Waals surface area contributed by atoms with Gasteiger partial charge >= 0.3 is 5.97 Å². The van der Waals surface area contributed by atoms with E-state index in [-0.39, 0.29) is 19.0 Å². The highest BCUT2D eigenvalue weighted by Gasteiger charge is 2.13. The molecule has 1 rings (SSSR count). The number of carboxylic acids is 1. The highest BCUT2D eigenvalue weighted by molar-refractivity contribution is 5.77. The van der Waals surface area contributed by atoms with Crippen molar-refractivity contribution in [1.29, 1.82) is 0 Å². The summed E-state index contributed by atoms with van der Waals surface area (Å²) in [6.07, 6.45) is 0. The molecule has 1 atom stereocenters. The van der Waals surface area contributed by atoms with E-state index in [2.05, 4.69) is 10.4 Å². The van der Waals surface area contributed by atoms with Crippen molar-refractivity contribution in [2.24, 2.45) is 5.92 Å². The van der Waals surface area contributed by atoms with Crippen LogP contribution in [0.2, 0.25) is 0 Å². The van der Waals surface area contributed by atoms with Crippen molar-refractivity contribution in [2.45, 2.75) is 27.3 Å². The number of nitrogens with zero attached hydrogens (tertiary/aromatic N) is 2. The van der Waals surface area contributed by atoms with Gasteiger partial charge in [-0.2, -0.15) is 5.10 Å². The van der Waals surface area contributed by atoms with Crippen LogP contribution >= 0.6 is 0 Å². The van der Waals surface area contributed by atoms with E-state index >= 15 is 0 Å². The van der Waals surface area contributed by atoms with Crippen LogP contribution in [0, 0.1) is 19.8 Å². The minimum absolute atomic E-state index is 0.117. The Kier molecular flexibility index (Phi) is 4.25. The second-order valence-corrected chi connectivity index (χ2v) is 4.13. The lowest BCUT2D eigenvalue weighted by Gasteiger charge is -2.09. The average molecular weight is 239 g/mol. The number of amides is 1. The number of carboxylic acid groups (broad SMARTS) is 1. The molecule has 0 radical (unpaired) electrons. The van der Waals surface area contributed by atoms with Crippen LogP contribution in [0.4, 0.5) is 0 Å². The predicted molar refractivity (Wildman–Crippen MR) is 61.5 cm³/mol. The molecular weight excluding hydrogens is 222 g/mol. The molecule has 0 fully saturated rings. The Morgan fingerprint density at radius 2 is 2.18 bits per heavy atom. The summed E-state index contributed by atoms with van der Waals surface area (Å²) in [6, 6.07) is 1.88. The lowest BCUT2D eigenvalue weighted by atomic mass is 10.2. The van der Waals surface area contributed by atoms with Crippen molar-refractivity contribution in [3.05, 3.63) is 17.5 Å². The third kappa shape index (κ3) is 3.90. The molecular formula is C11H17N3O3. The van der Waals surface area contributed by atoms with E-state index < -0.39 is 11.9 Å². The Labute approximate surface area is 99.6 Å². The number of aromatic nitrogens is 2. The third-order valence-electron chi connectivity index (χ3n) is 2.42. The summed E-state index contributed by atoms with van der Waals surface area (Å²) < 4.78 is 1.59. The van der Waals surface area contributed by atoms with Crippen molar-refractivity contribution < 1.29 is 14.7 Å². The smallest absolute Gasteiger partial charge is 0.308 e. The molecule has 0 spiro atoms. The molecule has 6 heteroatoms. The fraction of sp³-hybridized carbons (Fsp3) is 0.545. The number of hydrogen-bond donors (Lipinski definition) is 2. The van der Waals surface area contributed by atoms with Crippen LogP contribution in [0.5, 0.6) is 0 Å². The SMILES string of the molecule is Cc1cc(C)n(CC(=O)NCC(C)C(=O)O)n1. The summed E-state index contributed by atoms with van der Waals surface area (Å²) in [5.41, 5.74) is 1.76. The first-order chi connectivity index (χ1) is 7.90. The van der Waals surface area contributed by atoms with Crippen molar-refractivity contribution in [2.75, 3.05) is 6.54 Å². The maximum atomic E-state index is 11.5. The number of rotatable bonds is 5. The molecule has 0 aliphatic heterocycles. The van der Waals surface area contributed by atoms with Gasteiger partial charge < -0.3 is 10.4 Å². The summed E-state index contributed by atoms with van der Waals surface area (Å²) in [5, 5.41) is 15.4. The van der Waals surface area contributed by atoms with E-state index in [1.807, 2.05) is 19.9 Å². The van der Waals surface area contributed by atoms with Gasteiger partial charge in [0.2, 0.25) is 5.91 Å². The van der Waals surface area contributed by atoms with E-state index in [1.165, 1.54) is 0 Å². The van der Waals surface area contributed by atoms with Gasteiger partial charge in [0.05, 0.1) is 11.6 Å². The molecule has 2 N–H and O–H groups in total. The standard InChI is InChI=1S/C11H17N3O3/c1-7(11(16)17)5-12-10(15)6-14-9(3)4-8(2)13-14/h4,7H,5-6H2,1-3H3,(H,12,15)(H,16,17). The molecule has 0 saturated heterocycles. The molecule has 1 aromatic heterocycles. The van der Waals surface area contributed by atoms with Crippen molar-refractivity contribution in [3.63, 3.8) is 0 Å². The minimum atomic E-state index is -0.920. The predicted octanol–water partition coefficient (Wildman–Crippen LogP) is 0.337. The molecule has 6 nitrogen and oxygen atoms in total. The Balaban J connectivity index is 2.45. The summed E-state index contributed by atoms with van der Waals surface area (Å²) >= 11 is 0. The molecule has 1 amide bonds. The zero-order valence-electron chi connectivity index (χ0n) is 10.2. The van der Waals surface area contributed by atoms with E-state index in [1.54, 1.807) is 11.6 Å². The number of aryl methyl sites for hydroxylation is 2. The number of hydrogen-bond acceptors (Lipinski definition) is 3. The summed E-state index contributed by atoms with van der Waals surface area (Å²) in [6.45, 7) is 5.52. The third-order valence-corrected chi connectivity index (χ3v) is 2.42. The molecule has 0 bridgehead atoms. The Morgan fingerprint density at radius 1 is 1.53 bits per heavy atom. The Bertz CT molecular complexity index is 426. The highest BCUT2D eigenvalue weighted by atomic mass is 16.4. The highest BCUT2D eigenvalue weighted by Crippen LogP contribution is 2.01. The fourth-order valence-corrected chi connectivity index (χ4v) is 1.38. The average Bonchev–Trinajstić information content (AvgIpc) is 2.53. The van der Waals surface area contributed by atoms with Gasteiger partial charge in [0.1, 0.15) is 6.54 Å². The van der Waals surface area contributed by atoms with E-state index in [0.29, 0.717) is 0 Å². The zero-order chi connectivity index (χ0) is 13.0. The quantitative estimate of drug-likeness (QED) is 0.775. The van der Waals surface area contributed by atoms with Crippen molar-refractivity contribution in [3.8, 4) is 0 Å². The van der Waals surface area contributed by atoms with E-state index in [9.17, 15) is 9.59 Å². The molecule has 1 aromatic rings. The van der Waals surface area contributed by atoms with Crippen LogP contribution in [-0.4, -0.2) is 33.3 Å². The number of aliphatic carboxylic acids is 1. The van der Waals surface area contributed by atoms with Gasteiger partial charge in [0, 0.05) is 12.2 Å². The minimum Gasteiger partial charge on any atom is -0.481 e. The van der Waals surface area contributed by atoms with Gasteiger partial charge in [-0.1, -0.05) is 6.92 Å². The van der Waals surface area contributed by atoms with Crippen molar-refractivity contribution in [1.82, 2.24) is 15.1 Å². The Hall–Kier alpha value is -1.85. The molecule has 0 aliphatic rings. The normalized spacial score (nSPS) is 12.2. The van der Waals surface area contributed by atoms with E-state index in [4.69, 9.17) is 5.11 Å².